The Bertz CT molecular complexity index is 170. The maximum absolute atomic E-state index is 3.61. The van der Waals surface area contributed by atoms with Gasteiger partial charge in [0.05, 0.1) is 0 Å². The van der Waals surface area contributed by atoms with Gasteiger partial charge >= 0.3 is 0 Å². The molecule has 3 heteroatoms. The van der Waals surface area contributed by atoms with E-state index in [4.69, 9.17) is 0 Å². The van der Waals surface area contributed by atoms with Crippen molar-refractivity contribution >= 4 is 11.8 Å². The predicted molar refractivity (Wildman–Crippen MR) is 82.1 cm³/mol. The second-order valence-electron chi connectivity index (χ2n) is 5.11. The molecule has 0 saturated heterocycles. The van der Waals surface area contributed by atoms with Gasteiger partial charge in [0.25, 0.3) is 0 Å². The molecule has 0 aliphatic rings. The summed E-state index contributed by atoms with van der Waals surface area (Å²) in [4.78, 5) is 2.50. The highest BCUT2D eigenvalue weighted by Crippen LogP contribution is 2.26. The Morgan fingerprint density at radius 3 is 2.29 bits per heavy atom. The molecule has 17 heavy (non-hydrogen) atoms. The highest BCUT2D eigenvalue weighted by molar-refractivity contribution is 7.98. The zero-order valence-electron chi connectivity index (χ0n) is 12.5. The zero-order valence-corrected chi connectivity index (χ0v) is 13.3. The second-order valence-corrected chi connectivity index (χ2v) is 6.10. The predicted octanol–water partition coefficient (Wildman–Crippen LogP) is 3.09. The molecule has 1 N–H and O–H groups in total. The average Bonchev–Trinajstić information content (AvgIpc) is 2.35. The molecule has 104 valence electrons. The van der Waals surface area contributed by atoms with Crippen LogP contribution in [0.4, 0.5) is 0 Å². The Morgan fingerprint density at radius 1 is 1.18 bits per heavy atom. The number of nitrogens with one attached hydrogen (secondary N) is 1. The lowest BCUT2D eigenvalue weighted by molar-refractivity contribution is 0.161. The smallest absolute Gasteiger partial charge is 0.00694 e. The van der Waals surface area contributed by atoms with E-state index < -0.39 is 0 Å². The molecule has 0 aromatic heterocycles. The van der Waals surface area contributed by atoms with E-state index in [9.17, 15) is 0 Å². The molecule has 0 amide bonds. The third kappa shape index (κ3) is 7.32. The minimum Gasteiger partial charge on any atom is -0.316 e. The van der Waals surface area contributed by atoms with Gasteiger partial charge in [-0.05, 0) is 44.5 Å². The van der Waals surface area contributed by atoms with Crippen LogP contribution in [0.15, 0.2) is 0 Å². The second kappa shape index (κ2) is 10.2. The van der Waals surface area contributed by atoms with Gasteiger partial charge in [-0.15, -0.1) is 0 Å². The Balaban J connectivity index is 4.17. The summed E-state index contributed by atoms with van der Waals surface area (Å²) >= 11 is 1.94. The van der Waals surface area contributed by atoms with E-state index in [-0.39, 0.29) is 0 Å². The van der Waals surface area contributed by atoms with Crippen molar-refractivity contribution in [3.63, 3.8) is 0 Å². The molecule has 0 aromatic carbocycles. The van der Waals surface area contributed by atoms with Crippen LogP contribution >= 0.6 is 11.8 Å². The van der Waals surface area contributed by atoms with Crippen LogP contribution in [0.25, 0.3) is 0 Å². The molecule has 0 bridgehead atoms. The molecule has 0 atom stereocenters. The summed E-state index contributed by atoms with van der Waals surface area (Å²) in [6, 6.07) is 0. The summed E-state index contributed by atoms with van der Waals surface area (Å²) in [7, 11) is 2.26. The van der Waals surface area contributed by atoms with Crippen LogP contribution in [-0.2, 0) is 0 Å². The molecular formula is C14H32N2S. The molecule has 0 aromatic rings. The van der Waals surface area contributed by atoms with Crippen LogP contribution in [0, 0.1) is 5.41 Å². The minimum atomic E-state index is 0.461. The summed E-state index contributed by atoms with van der Waals surface area (Å²) in [6.45, 7) is 11.6. The van der Waals surface area contributed by atoms with E-state index in [1.165, 1.54) is 38.1 Å². The first kappa shape index (κ1) is 17.3. The quantitative estimate of drug-likeness (QED) is 0.575. The number of hydrogen-bond donors (Lipinski definition) is 1. The average molecular weight is 260 g/mol. The van der Waals surface area contributed by atoms with Gasteiger partial charge in [0.2, 0.25) is 0 Å². The van der Waals surface area contributed by atoms with Gasteiger partial charge in [0.1, 0.15) is 0 Å². The summed E-state index contributed by atoms with van der Waals surface area (Å²) in [6.07, 6.45) is 5.95. The van der Waals surface area contributed by atoms with E-state index in [0.29, 0.717) is 5.41 Å². The summed E-state index contributed by atoms with van der Waals surface area (Å²) in [5.74, 6) is 1.24. The fourth-order valence-electron chi connectivity index (χ4n) is 2.21. The maximum atomic E-state index is 3.61. The topological polar surface area (TPSA) is 15.3 Å². The van der Waals surface area contributed by atoms with Crippen molar-refractivity contribution in [3.8, 4) is 0 Å². The van der Waals surface area contributed by atoms with Gasteiger partial charge in [-0.3, -0.25) is 0 Å². The van der Waals surface area contributed by atoms with E-state index in [2.05, 4.69) is 44.3 Å². The van der Waals surface area contributed by atoms with Crippen molar-refractivity contribution in [2.45, 2.75) is 40.0 Å². The van der Waals surface area contributed by atoms with E-state index in [1.807, 2.05) is 11.8 Å². The molecule has 0 aliphatic carbocycles. The first-order chi connectivity index (χ1) is 8.14. The van der Waals surface area contributed by atoms with Crippen molar-refractivity contribution in [1.82, 2.24) is 10.2 Å². The standard InChI is InChI=1S/C14H32N2S/c1-6-9-15-12-14(7-2,8-3)13-16(4)10-11-17-5/h15H,6-13H2,1-5H3. The largest absolute Gasteiger partial charge is 0.316 e. The summed E-state index contributed by atoms with van der Waals surface area (Å²) in [5, 5.41) is 3.61. The van der Waals surface area contributed by atoms with E-state index >= 15 is 0 Å². The lowest BCUT2D eigenvalue weighted by Gasteiger charge is -2.36. The van der Waals surface area contributed by atoms with Gasteiger partial charge in [-0.25, -0.2) is 0 Å². The molecule has 0 rings (SSSR count). The number of nitrogens with zero attached hydrogens (tertiary/aromatic N) is 1. The normalized spacial score (nSPS) is 12.4. The van der Waals surface area contributed by atoms with Crippen molar-refractivity contribution in [2.75, 3.05) is 45.2 Å². The van der Waals surface area contributed by atoms with Gasteiger partial charge in [0, 0.05) is 25.4 Å². The Kier molecular flexibility index (Phi) is 10.4. The molecular weight excluding hydrogens is 228 g/mol. The first-order valence-electron chi connectivity index (χ1n) is 7.02. The fraction of sp³-hybridized carbons (Fsp3) is 1.00. The summed E-state index contributed by atoms with van der Waals surface area (Å²) < 4.78 is 0. The van der Waals surface area contributed by atoms with Crippen LogP contribution in [0.2, 0.25) is 0 Å². The Labute approximate surface area is 113 Å². The summed E-state index contributed by atoms with van der Waals surface area (Å²) in [5.41, 5.74) is 0.461. The van der Waals surface area contributed by atoms with Crippen molar-refractivity contribution in [1.29, 1.82) is 0 Å². The van der Waals surface area contributed by atoms with Crippen LogP contribution in [-0.4, -0.2) is 50.1 Å². The highest BCUT2D eigenvalue weighted by Gasteiger charge is 2.26. The minimum absolute atomic E-state index is 0.461. The van der Waals surface area contributed by atoms with Gasteiger partial charge in [-0.1, -0.05) is 20.8 Å². The van der Waals surface area contributed by atoms with Crippen molar-refractivity contribution in [3.05, 3.63) is 0 Å². The van der Waals surface area contributed by atoms with Crippen LogP contribution in [0.1, 0.15) is 40.0 Å². The third-order valence-corrected chi connectivity index (χ3v) is 4.30. The molecule has 0 saturated carbocycles. The number of thioether (sulfide) groups is 1. The molecule has 0 radical (unpaired) electrons. The molecule has 2 nitrogen and oxygen atoms in total. The van der Waals surface area contributed by atoms with E-state index in [0.717, 1.165) is 13.1 Å². The SMILES string of the molecule is CCCNCC(CC)(CC)CN(C)CCSC. The lowest BCUT2D eigenvalue weighted by Crippen LogP contribution is -2.43. The van der Waals surface area contributed by atoms with Crippen LogP contribution < -0.4 is 5.32 Å². The van der Waals surface area contributed by atoms with Crippen LogP contribution in [0.3, 0.4) is 0 Å². The maximum Gasteiger partial charge on any atom is 0.00694 e. The van der Waals surface area contributed by atoms with Gasteiger partial charge in [-0.2, -0.15) is 11.8 Å². The highest BCUT2D eigenvalue weighted by atomic mass is 32.2. The van der Waals surface area contributed by atoms with Gasteiger partial charge < -0.3 is 10.2 Å². The third-order valence-electron chi connectivity index (χ3n) is 3.71. The molecule has 0 fully saturated rings. The van der Waals surface area contributed by atoms with E-state index in [1.54, 1.807) is 0 Å². The fourth-order valence-corrected chi connectivity index (χ4v) is 2.70. The molecule has 0 unspecified atom stereocenters. The zero-order chi connectivity index (χ0) is 13.1. The first-order valence-corrected chi connectivity index (χ1v) is 8.41. The Hall–Kier alpha value is 0.270. The van der Waals surface area contributed by atoms with Gasteiger partial charge in [0.15, 0.2) is 0 Å². The lowest BCUT2D eigenvalue weighted by atomic mass is 9.81. The molecule has 0 aliphatic heterocycles. The van der Waals surface area contributed by atoms with Crippen molar-refractivity contribution < 1.29 is 0 Å². The molecule has 0 heterocycles. The molecule has 0 spiro atoms. The Morgan fingerprint density at radius 2 is 1.82 bits per heavy atom. The number of rotatable bonds is 11. The number of hydrogen-bond acceptors (Lipinski definition) is 3. The monoisotopic (exact) mass is 260 g/mol. The van der Waals surface area contributed by atoms with Crippen molar-refractivity contribution in [2.24, 2.45) is 5.41 Å². The van der Waals surface area contributed by atoms with Crippen LogP contribution in [0.5, 0.6) is 0 Å².